The number of fused-ring (bicyclic) bond motifs is 1. The molecule has 3 unspecified atom stereocenters. The van der Waals surface area contributed by atoms with Gasteiger partial charge in [0, 0.05) is 32.0 Å². The summed E-state index contributed by atoms with van der Waals surface area (Å²) in [4.78, 5) is 93.7. The molecule has 0 bridgehead atoms. The predicted molar refractivity (Wildman–Crippen MR) is 185 cm³/mol. The number of carbonyl (C=O) groups excluding carboxylic acids is 6. The van der Waals surface area contributed by atoms with Crippen molar-refractivity contribution >= 4 is 35.3 Å². The number of aromatic nitrogens is 2. The van der Waals surface area contributed by atoms with E-state index in [1.807, 2.05) is 27.7 Å². The summed E-state index contributed by atoms with van der Waals surface area (Å²) in [7, 11) is 1.63. The Hall–Kier alpha value is -3.90. The summed E-state index contributed by atoms with van der Waals surface area (Å²) in [5.41, 5.74) is -0.638. The van der Waals surface area contributed by atoms with Gasteiger partial charge in [-0.2, -0.15) is 0 Å². The molecule has 1 aliphatic heterocycles. The van der Waals surface area contributed by atoms with E-state index in [-0.39, 0.29) is 35.4 Å². The second-order valence-corrected chi connectivity index (χ2v) is 15.9. The van der Waals surface area contributed by atoms with Crippen LogP contribution in [-0.4, -0.2) is 98.9 Å². The first-order valence-electron chi connectivity index (χ1n) is 18.6. The van der Waals surface area contributed by atoms with Crippen molar-refractivity contribution in [3.63, 3.8) is 0 Å². The predicted octanol–water partition coefficient (Wildman–Crippen LogP) is 2.79. The smallest absolute Gasteiger partial charge is 0.292 e. The largest absolute Gasteiger partial charge is 0.344 e. The van der Waals surface area contributed by atoms with Crippen LogP contribution in [0.3, 0.4) is 0 Å². The van der Waals surface area contributed by atoms with Gasteiger partial charge in [0.05, 0.1) is 12.2 Å². The lowest BCUT2D eigenvalue weighted by atomic mass is 9.82. The summed E-state index contributed by atoms with van der Waals surface area (Å²) in [6, 6.07) is -3.62. The summed E-state index contributed by atoms with van der Waals surface area (Å²) in [5, 5.41) is 8.81. The van der Waals surface area contributed by atoms with Gasteiger partial charge in [0.2, 0.25) is 23.5 Å². The third-order valence-corrected chi connectivity index (χ3v) is 11.2. The van der Waals surface area contributed by atoms with E-state index in [2.05, 4.69) is 25.9 Å². The van der Waals surface area contributed by atoms with Crippen molar-refractivity contribution in [3.8, 4) is 0 Å². The Morgan fingerprint density at radius 3 is 2.26 bits per heavy atom. The lowest BCUT2D eigenvalue weighted by Crippen LogP contribution is -2.62. The van der Waals surface area contributed by atoms with Crippen LogP contribution in [0.1, 0.15) is 115 Å². The van der Waals surface area contributed by atoms with Crippen LogP contribution in [0.15, 0.2) is 18.6 Å². The quantitative estimate of drug-likeness (QED) is 0.265. The Balaban J connectivity index is 1.36. The molecule has 4 fully saturated rings. The minimum absolute atomic E-state index is 0.0641. The van der Waals surface area contributed by atoms with E-state index in [0.717, 1.165) is 64.2 Å². The van der Waals surface area contributed by atoms with Gasteiger partial charge in [0.25, 0.3) is 11.8 Å². The molecule has 4 aliphatic rings. The van der Waals surface area contributed by atoms with E-state index in [1.165, 1.54) is 23.5 Å². The minimum Gasteiger partial charge on any atom is -0.344 e. The van der Waals surface area contributed by atoms with E-state index in [9.17, 15) is 28.8 Å². The zero-order chi connectivity index (χ0) is 36.2. The van der Waals surface area contributed by atoms with Crippen LogP contribution in [0.5, 0.6) is 0 Å². The standard InChI is InChI=1S/C37H55N7O6/c1-6-11-26(30(45)35(49)43(5)24-16-17-24)40-34(48)29-25-15-10-14-23(25)21-44(29)36(50)31(37(2,3)4)42-33(47)28(22-12-8-7-9-13-22)41-32(46)27-20-38-18-19-39-27/h18-20,22-26,28-29,31H,6-17,21H2,1-5H3,(H,40,48)(H,41,46)(H,42,47)/t23?,25?,26-,28-,29-,31?/m0/s1. The Labute approximate surface area is 295 Å². The molecule has 50 heavy (non-hydrogen) atoms. The number of ketones is 1. The lowest BCUT2D eigenvalue weighted by molar-refractivity contribution is -0.148. The van der Waals surface area contributed by atoms with Gasteiger partial charge in [0.15, 0.2) is 0 Å². The highest BCUT2D eigenvalue weighted by molar-refractivity contribution is 6.38. The van der Waals surface area contributed by atoms with Crippen molar-refractivity contribution in [1.82, 2.24) is 35.7 Å². The Morgan fingerprint density at radius 2 is 1.64 bits per heavy atom. The Kier molecular flexibility index (Phi) is 11.9. The molecule has 1 aromatic rings. The van der Waals surface area contributed by atoms with Gasteiger partial charge in [-0.15, -0.1) is 0 Å². The summed E-state index contributed by atoms with van der Waals surface area (Å²) < 4.78 is 0. The van der Waals surface area contributed by atoms with E-state index in [1.54, 1.807) is 11.9 Å². The van der Waals surface area contributed by atoms with Gasteiger partial charge in [-0.25, -0.2) is 4.98 Å². The summed E-state index contributed by atoms with van der Waals surface area (Å²) >= 11 is 0. The minimum atomic E-state index is -0.995. The first-order valence-corrected chi connectivity index (χ1v) is 18.6. The number of likely N-dealkylation sites (tertiary alicyclic amines) is 1. The third-order valence-electron chi connectivity index (χ3n) is 11.2. The first-order chi connectivity index (χ1) is 23.8. The summed E-state index contributed by atoms with van der Waals surface area (Å²) in [5.74, 6) is -3.07. The Bertz CT molecular complexity index is 1420. The molecule has 0 radical (unpaired) electrons. The first kappa shape index (κ1) is 37.4. The topological polar surface area (TPSA) is 171 Å². The van der Waals surface area contributed by atoms with Gasteiger partial charge in [-0.3, -0.25) is 33.8 Å². The second kappa shape index (κ2) is 16.0. The number of likely N-dealkylation sites (N-methyl/N-ethyl adjacent to an activating group) is 1. The molecule has 2 heterocycles. The highest BCUT2D eigenvalue weighted by Crippen LogP contribution is 2.43. The fraction of sp³-hybridized carbons (Fsp3) is 0.730. The van der Waals surface area contributed by atoms with Gasteiger partial charge >= 0.3 is 0 Å². The van der Waals surface area contributed by atoms with Crippen molar-refractivity contribution in [1.29, 1.82) is 0 Å². The maximum atomic E-state index is 14.6. The maximum Gasteiger partial charge on any atom is 0.292 e. The van der Waals surface area contributed by atoms with E-state index in [0.29, 0.717) is 19.4 Å². The van der Waals surface area contributed by atoms with Crippen molar-refractivity contribution in [2.45, 2.75) is 135 Å². The summed E-state index contributed by atoms with van der Waals surface area (Å²) in [6.45, 7) is 7.87. The van der Waals surface area contributed by atoms with Gasteiger partial charge in [-0.1, -0.05) is 59.8 Å². The van der Waals surface area contributed by atoms with Crippen molar-refractivity contribution in [3.05, 3.63) is 24.3 Å². The van der Waals surface area contributed by atoms with Crippen LogP contribution >= 0.6 is 0 Å². The second-order valence-electron chi connectivity index (χ2n) is 15.9. The number of rotatable bonds is 13. The van der Waals surface area contributed by atoms with Crippen LogP contribution in [0, 0.1) is 23.2 Å². The van der Waals surface area contributed by atoms with Crippen molar-refractivity contribution in [2.75, 3.05) is 13.6 Å². The molecular weight excluding hydrogens is 638 g/mol. The van der Waals surface area contributed by atoms with Crippen LogP contribution < -0.4 is 16.0 Å². The zero-order valence-corrected chi connectivity index (χ0v) is 30.3. The zero-order valence-electron chi connectivity index (χ0n) is 30.3. The van der Waals surface area contributed by atoms with E-state index >= 15 is 0 Å². The van der Waals surface area contributed by atoms with Crippen LogP contribution in [0.2, 0.25) is 0 Å². The molecular formula is C37H55N7O6. The lowest BCUT2D eigenvalue weighted by Gasteiger charge is -2.38. The van der Waals surface area contributed by atoms with Crippen LogP contribution in [-0.2, 0) is 24.0 Å². The van der Waals surface area contributed by atoms with Gasteiger partial charge in [-0.05, 0) is 68.1 Å². The van der Waals surface area contributed by atoms with E-state index in [4.69, 9.17) is 0 Å². The molecule has 6 atom stereocenters. The van der Waals surface area contributed by atoms with Crippen molar-refractivity contribution < 1.29 is 28.8 Å². The SMILES string of the molecule is CCC[C@H](NC(=O)[C@@H]1C2CCCC2CN1C(=O)C(NC(=O)[C@@H](NC(=O)c1cnccn1)C1CCCCC1)C(C)(C)C)C(=O)C(=O)N(C)C1CC1. The molecule has 5 rings (SSSR count). The molecule has 274 valence electrons. The number of carbonyl (C=O) groups is 6. The molecule has 3 N–H and O–H groups in total. The molecule has 1 aromatic heterocycles. The fourth-order valence-electron chi connectivity index (χ4n) is 8.18. The Morgan fingerprint density at radius 1 is 0.920 bits per heavy atom. The normalized spacial score (nSPS) is 24.0. The third kappa shape index (κ3) is 8.51. The fourth-order valence-corrected chi connectivity index (χ4v) is 8.18. The molecule has 5 amide bonds. The highest BCUT2D eigenvalue weighted by Gasteiger charge is 2.52. The number of amides is 5. The molecule has 13 nitrogen and oxygen atoms in total. The number of nitrogens with zero attached hydrogens (tertiary/aromatic N) is 4. The molecule has 3 saturated carbocycles. The average molecular weight is 694 g/mol. The molecule has 0 spiro atoms. The monoisotopic (exact) mass is 693 g/mol. The summed E-state index contributed by atoms with van der Waals surface area (Å²) in [6.07, 6.45) is 13.9. The van der Waals surface area contributed by atoms with Gasteiger partial charge < -0.3 is 25.8 Å². The molecule has 0 aromatic carbocycles. The van der Waals surface area contributed by atoms with Crippen LogP contribution in [0.25, 0.3) is 0 Å². The number of hydrogen-bond acceptors (Lipinski definition) is 8. The van der Waals surface area contributed by atoms with Crippen LogP contribution in [0.4, 0.5) is 0 Å². The molecule has 1 saturated heterocycles. The maximum absolute atomic E-state index is 14.6. The van der Waals surface area contributed by atoms with E-state index < -0.39 is 59.0 Å². The number of Topliss-reactive ketones (excluding diaryl/α,β-unsaturated/α-hetero) is 1. The molecule has 3 aliphatic carbocycles. The average Bonchev–Trinajstić information content (AvgIpc) is 3.75. The number of hydrogen-bond donors (Lipinski definition) is 3. The van der Waals surface area contributed by atoms with Crippen molar-refractivity contribution in [2.24, 2.45) is 23.2 Å². The highest BCUT2D eigenvalue weighted by atomic mass is 16.2. The van der Waals surface area contributed by atoms with Gasteiger partial charge in [0.1, 0.15) is 23.8 Å². The molecule has 13 heteroatoms. The number of nitrogens with one attached hydrogen (secondary N) is 3.